The Hall–Kier alpha value is -4.66. The maximum Gasteiger partial charge on any atom is 0.252 e. The van der Waals surface area contributed by atoms with Gasteiger partial charge in [-0.1, -0.05) is 47.6 Å². The van der Waals surface area contributed by atoms with E-state index in [9.17, 15) is 9.18 Å². The third-order valence-electron chi connectivity index (χ3n) is 6.20. The highest BCUT2D eigenvalue weighted by molar-refractivity contribution is 6.01. The molecule has 0 aliphatic carbocycles. The summed E-state index contributed by atoms with van der Waals surface area (Å²) in [7, 11) is 0. The smallest absolute Gasteiger partial charge is 0.252 e. The van der Waals surface area contributed by atoms with Gasteiger partial charge in [0, 0.05) is 47.7 Å². The molecule has 4 rings (SSSR count). The zero-order valence-corrected chi connectivity index (χ0v) is 21.2. The van der Waals surface area contributed by atoms with Crippen LogP contribution in [0.3, 0.4) is 0 Å². The molecule has 2 N–H and O–H groups in total. The van der Waals surface area contributed by atoms with E-state index in [0.717, 1.165) is 0 Å². The highest BCUT2D eigenvalue weighted by Gasteiger charge is 2.52. The summed E-state index contributed by atoms with van der Waals surface area (Å²) >= 11 is 0. The third-order valence-corrected chi connectivity index (χ3v) is 6.20. The van der Waals surface area contributed by atoms with Crippen molar-refractivity contribution in [3.05, 3.63) is 118 Å². The van der Waals surface area contributed by atoms with Crippen LogP contribution in [0.5, 0.6) is 5.75 Å². The van der Waals surface area contributed by atoms with Crippen LogP contribution in [0.15, 0.2) is 95.6 Å². The molecule has 0 unspecified atom stereocenters. The van der Waals surface area contributed by atoms with E-state index in [1.807, 2.05) is 0 Å². The molecule has 1 amide bonds. The van der Waals surface area contributed by atoms with Crippen LogP contribution in [-0.2, 0) is 16.1 Å². The number of nitrogens with zero attached hydrogens (tertiary/aromatic N) is 4. The first-order valence-electron chi connectivity index (χ1n) is 12.4. The molecule has 0 aromatic heterocycles. The van der Waals surface area contributed by atoms with E-state index in [0.29, 0.717) is 41.2 Å². The normalized spacial score (nSPS) is 17.9. The zero-order valence-electron chi connectivity index (χ0n) is 21.2. The SMILES string of the molecule is C=CC[C@@]1(C(=O)NCc2cccc(F)c2)N=C(c2ccc(OCCCO)cc2)O[C@@H]1c1ccccc1N=[N+]=[N-]. The minimum absolute atomic E-state index is 0.0358. The lowest BCUT2D eigenvalue weighted by Gasteiger charge is -2.30. The Kier molecular flexibility index (Phi) is 8.94. The number of aliphatic hydroxyl groups excluding tert-OH is 1. The van der Waals surface area contributed by atoms with Crippen molar-refractivity contribution < 1.29 is 23.8 Å². The Morgan fingerprint density at radius 3 is 2.74 bits per heavy atom. The number of amides is 1. The number of benzene rings is 3. The molecule has 1 aliphatic rings. The van der Waals surface area contributed by atoms with Gasteiger partial charge in [0.1, 0.15) is 11.6 Å². The van der Waals surface area contributed by atoms with Crippen molar-refractivity contribution in [1.82, 2.24) is 5.32 Å². The highest BCUT2D eigenvalue weighted by Crippen LogP contribution is 2.45. The van der Waals surface area contributed by atoms with Crippen LogP contribution in [0, 0.1) is 5.82 Å². The average molecular weight is 530 g/mol. The topological polar surface area (TPSA) is 129 Å². The van der Waals surface area contributed by atoms with Crippen molar-refractivity contribution in [3.63, 3.8) is 0 Å². The second-order valence-electron chi connectivity index (χ2n) is 8.84. The fraction of sp³-hybridized carbons (Fsp3) is 0.241. The first-order chi connectivity index (χ1) is 19.0. The number of halogens is 1. The summed E-state index contributed by atoms with van der Waals surface area (Å²) in [5.74, 6) is -0.0231. The van der Waals surface area contributed by atoms with Crippen LogP contribution in [-0.4, -0.2) is 35.7 Å². The molecule has 3 aromatic rings. The van der Waals surface area contributed by atoms with Gasteiger partial charge in [0.15, 0.2) is 11.6 Å². The lowest BCUT2D eigenvalue weighted by atomic mass is 9.83. The summed E-state index contributed by atoms with van der Waals surface area (Å²) in [6.45, 7) is 4.33. The van der Waals surface area contributed by atoms with Crippen LogP contribution in [0.4, 0.5) is 10.1 Å². The van der Waals surface area contributed by atoms with Gasteiger partial charge in [0.05, 0.1) is 6.61 Å². The molecule has 2 atom stereocenters. The maximum atomic E-state index is 13.9. The number of aliphatic hydroxyl groups is 1. The van der Waals surface area contributed by atoms with Crippen LogP contribution in [0.25, 0.3) is 10.4 Å². The average Bonchev–Trinajstić information content (AvgIpc) is 3.33. The number of hydrogen-bond donors (Lipinski definition) is 2. The van der Waals surface area contributed by atoms with Gasteiger partial charge in [-0.2, -0.15) is 0 Å². The van der Waals surface area contributed by atoms with Crippen molar-refractivity contribution in [2.75, 3.05) is 13.2 Å². The van der Waals surface area contributed by atoms with E-state index in [1.54, 1.807) is 66.7 Å². The molecule has 0 radical (unpaired) electrons. The molecule has 0 spiro atoms. The van der Waals surface area contributed by atoms with E-state index in [1.165, 1.54) is 12.1 Å². The minimum atomic E-state index is -1.48. The molecule has 39 heavy (non-hydrogen) atoms. The van der Waals surface area contributed by atoms with E-state index in [-0.39, 0.29) is 25.5 Å². The predicted octanol–water partition coefficient (Wildman–Crippen LogP) is 5.68. The second kappa shape index (κ2) is 12.7. The Morgan fingerprint density at radius 2 is 2.03 bits per heavy atom. The van der Waals surface area contributed by atoms with Gasteiger partial charge in [-0.3, -0.25) is 4.79 Å². The summed E-state index contributed by atoms with van der Waals surface area (Å²) in [6.07, 6.45) is 1.26. The van der Waals surface area contributed by atoms with Crippen LogP contribution in [0.1, 0.15) is 35.6 Å². The second-order valence-corrected chi connectivity index (χ2v) is 8.84. The predicted molar refractivity (Wildman–Crippen MR) is 145 cm³/mol. The number of rotatable bonds is 12. The molecule has 1 aliphatic heterocycles. The monoisotopic (exact) mass is 529 g/mol. The van der Waals surface area contributed by atoms with Gasteiger partial charge in [-0.25, -0.2) is 9.38 Å². The van der Waals surface area contributed by atoms with E-state index >= 15 is 0 Å². The zero-order chi connectivity index (χ0) is 27.7. The molecular formula is C29H28FN5O4. The maximum absolute atomic E-state index is 13.9. The standard InChI is InChI=1S/C29H28FN5O4/c1-2-15-29(28(37)32-19-20-7-5-8-22(30)18-20)26(24-9-3-4-10-25(24)34-35-31)39-27(33-29)21-11-13-23(14-12-21)38-17-6-16-36/h2-5,7-14,18,26,36H,1,6,15-17,19H2,(H,32,37)/t26-,29-/m1/s1. The first-order valence-corrected chi connectivity index (χ1v) is 12.4. The van der Waals surface area contributed by atoms with Gasteiger partial charge < -0.3 is 19.9 Å². The summed E-state index contributed by atoms with van der Waals surface area (Å²) in [5, 5.41) is 15.6. The lowest BCUT2D eigenvalue weighted by molar-refractivity contribution is -0.129. The number of ether oxygens (including phenoxy) is 2. The van der Waals surface area contributed by atoms with Crippen molar-refractivity contribution >= 4 is 17.5 Å². The molecule has 0 saturated carbocycles. The molecule has 0 saturated heterocycles. The fourth-order valence-electron chi connectivity index (χ4n) is 4.34. The van der Waals surface area contributed by atoms with Gasteiger partial charge in [0.25, 0.3) is 5.91 Å². The van der Waals surface area contributed by atoms with Gasteiger partial charge >= 0.3 is 0 Å². The molecule has 0 bridgehead atoms. The number of azide groups is 1. The Balaban J connectivity index is 1.72. The number of carbonyl (C=O) groups excluding carboxylic acids is 1. The van der Waals surface area contributed by atoms with Gasteiger partial charge in [-0.05, 0) is 47.5 Å². The summed E-state index contributed by atoms with van der Waals surface area (Å²) in [5.41, 5.74) is 9.64. The molecule has 10 heteroatoms. The third kappa shape index (κ3) is 6.26. The molecule has 3 aromatic carbocycles. The molecule has 0 fully saturated rings. The lowest BCUT2D eigenvalue weighted by Crippen LogP contribution is -2.47. The molecular weight excluding hydrogens is 501 g/mol. The number of carbonyl (C=O) groups is 1. The Labute approximate surface area is 225 Å². The van der Waals surface area contributed by atoms with Crippen LogP contribution < -0.4 is 10.1 Å². The van der Waals surface area contributed by atoms with E-state index < -0.39 is 23.4 Å². The number of nitrogens with one attached hydrogen (secondary N) is 1. The summed E-state index contributed by atoms with van der Waals surface area (Å²) < 4.78 is 25.7. The molecule has 200 valence electrons. The first kappa shape index (κ1) is 27.4. The van der Waals surface area contributed by atoms with Gasteiger partial charge in [0.2, 0.25) is 5.90 Å². The minimum Gasteiger partial charge on any atom is -0.494 e. The van der Waals surface area contributed by atoms with E-state index in [4.69, 9.17) is 25.1 Å². The van der Waals surface area contributed by atoms with Crippen molar-refractivity contribution in [2.24, 2.45) is 10.1 Å². The fourth-order valence-corrected chi connectivity index (χ4v) is 4.34. The van der Waals surface area contributed by atoms with E-state index in [2.05, 4.69) is 21.9 Å². The molecule has 9 nitrogen and oxygen atoms in total. The van der Waals surface area contributed by atoms with Crippen molar-refractivity contribution in [3.8, 4) is 5.75 Å². The number of hydrogen-bond acceptors (Lipinski definition) is 6. The Bertz CT molecular complexity index is 1400. The summed E-state index contributed by atoms with van der Waals surface area (Å²) in [6, 6.07) is 19.8. The Morgan fingerprint density at radius 1 is 1.23 bits per heavy atom. The van der Waals surface area contributed by atoms with Crippen LogP contribution in [0.2, 0.25) is 0 Å². The van der Waals surface area contributed by atoms with Crippen molar-refractivity contribution in [2.45, 2.75) is 31.0 Å². The summed E-state index contributed by atoms with van der Waals surface area (Å²) in [4.78, 5) is 21.6. The quantitative estimate of drug-likeness (QED) is 0.103. The van der Waals surface area contributed by atoms with Gasteiger partial charge in [-0.15, -0.1) is 6.58 Å². The molecule has 1 heterocycles. The largest absolute Gasteiger partial charge is 0.494 e. The van der Waals surface area contributed by atoms with Crippen LogP contribution >= 0.6 is 0 Å². The number of aliphatic imine (C=N–C) groups is 1. The van der Waals surface area contributed by atoms with Crippen molar-refractivity contribution in [1.29, 1.82) is 0 Å². The highest BCUT2D eigenvalue weighted by atomic mass is 19.1.